The molecule has 2 atom stereocenters. The quantitative estimate of drug-likeness (QED) is 0.593. The largest absolute Gasteiger partial charge is 0.496 e. The molecule has 1 aliphatic carbocycles. The van der Waals surface area contributed by atoms with Crippen LogP contribution in [0.1, 0.15) is 30.1 Å². The molecule has 2 rings (SSSR count). The summed E-state index contributed by atoms with van der Waals surface area (Å²) in [6, 6.07) is 3.92. The van der Waals surface area contributed by atoms with E-state index in [2.05, 4.69) is 19.1 Å². The minimum absolute atomic E-state index is 0.0489. The van der Waals surface area contributed by atoms with E-state index in [0.29, 0.717) is 24.2 Å². The van der Waals surface area contributed by atoms with Gasteiger partial charge in [0, 0.05) is 0 Å². The van der Waals surface area contributed by atoms with E-state index < -0.39 is 5.82 Å². The number of rotatable bonds is 6. The molecule has 0 spiro atoms. The number of benzene rings is 1. The number of allylic oxidation sites excluding steroid dienone is 2. The number of methoxy groups -OCH3 is 1. The van der Waals surface area contributed by atoms with Crippen molar-refractivity contribution in [1.29, 1.82) is 0 Å². The van der Waals surface area contributed by atoms with Crippen molar-refractivity contribution in [3.63, 3.8) is 0 Å². The lowest BCUT2D eigenvalue weighted by Gasteiger charge is -2.24. The molecule has 0 amide bonds. The highest BCUT2D eigenvalue weighted by Crippen LogP contribution is 2.25. The molecule has 2 unspecified atom stereocenters. The van der Waals surface area contributed by atoms with Gasteiger partial charge in [-0.2, -0.15) is 0 Å². The van der Waals surface area contributed by atoms with Crippen LogP contribution in [-0.2, 0) is 4.74 Å². The monoisotopic (exact) mass is 292 g/mol. The highest BCUT2D eigenvalue weighted by molar-refractivity contribution is 5.99. The second-order valence-electron chi connectivity index (χ2n) is 5.46. The normalized spacial score (nSPS) is 21.3. The molecule has 0 heterocycles. The van der Waals surface area contributed by atoms with Gasteiger partial charge in [0.2, 0.25) is 0 Å². The Labute approximate surface area is 124 Å². The SMILES string of the molecule is COc1ccc(F)cc1C(=O)COCC1CC=CCC1C. The molecule has 1 aromatic rings. The van der Waals surface area contributed by atoms with E-state index in [0.717, 1.165) is 12.8 Å². The van der Waals surface area contributed by atoms with E-state index in [1.54, 1.807) is 0 Å². The van der Waals surface area contributed by atoms with Gasteiger partial charge in [0.1, 0.15) is 18.2 Å². The number of carbonyl (C=O) groups excluding carboxylic acids is 1. The minimum Gasteiger partial charge on any atom is -0.496 e. The van der Waals surface area contributed by atoms with Crippen molar-refractivity contribution in [3.05, 3.63) is 41.7 Å². The summed E-state index contributed by atoms with van der Waals surface area (Å²) >= 11 is 0. The summed E-state index contributed by atoms with van der Waals surface area (Å²) in [6.45, 7) is 2.69. The van der Waals surface area contributed by atoms with Crippen LogP contribution in [0.25, 0.3) is 0 Å². The zero-order valence-corrected chi connectivity index (χ0v) is 12.5. The summed E-state index contributed by atoms with van der Waals surface area (Å²) in [5.41, 5.74) is 0.231. The van der Waals surface area contributed by atoms with Crippen LogP contribution < -0.4 is 4.74 Å². The fourth-order valence-electron chi connectivity index (χ4n) is 2.52. The highest BCUT2D eigenvalue weighted by atomic mass is 19.1. The van der Waals surface area contributed by atoms with Crippen LogP contribution >= 0.6 is 0 Å². The van der Waals surface area contributed by atoms with Crippen LogP contribution in [0.15, 0.2) is 30.4 Å². The lowest BCUT2D eigenvalue weighted by Crippen LogP contribution is -2.21. The van der Waals surface area contributed by atoms with Crippen LogP contribution in [0.2, 0.25) is 0 Å². The Balaban J connectivity index is 1.90. The fourth-order valence-corrected chi connectivity index (χ4v) is 2.52. The Kier molecular flexibility index (Phi) is 5.51. The Bertz CT molecular complexity index is 525. The molecular weight excluding hydrogens is 271 g/mol. The molecule has 0 saturated carbocycles. The summed E-state index contributed by atoms with van der Waals surface area (Å²) in [5, 5.41) is 0. The smallest absolute Gasteiger partial charge is 0.192 e. The average Bonchev–Trinajstić information content (AvgIpc) is 2.49. The van der Waals surface area contributed by atoms with Crippen LogP contribution in [0.3, 0.4) is 0 Å². The Morgan fingerprint density at radius 3 is 2.81 bits per heavy atom. The Morgan fingerprint density at radius 2 is 2.10 bits per heavy atom. The zero-order chi connectivity index (χ0) is 15.2. The first-order chi connectivity index (χ1) is 10.1. The molecule has 1 aliphatic rings. The highest BCUT2D eigenvalue weighted by Gasteiger charge is 2.19. The third kappa shape index (κ3) is 4.14. The van der Waals surface area contributed by atoms with E-state index in [1.807, 2.05) is 0 Å². The van der Waals surface area contributed by atoms with Gasteiger partial charge in [-0.1, -0.05) is 19.1 Å². The van der Waals surface area contributed by atoms with Crippen molar-refractivity contribution < 1.29 is 18.7 Å². The molecular formula is C17H21FO3. The number of halogens is 1. The number of ether oxygens (including phenoxy) is 2. The molecule has 0 fully saturated rings. The van der Waals surface area contributed by atoms with Crippen molar-refractivity contribution in [3.8, 4) is 5.75 Å². The van der Waals surface area contributed by atoms with E-state index in [4.69, 9.17) is 9.47 Å². The number of carbonyl (C=O) groups is 1. The third-order valence-electron chi connectivity index (χ3n) is 3.95. The summed E-state index contributed by atoms with van der Waals surface area (Å²) < 4.78 is 23.9. The maximum Gasteiger partial charge on any atom is 0.192 e. The minimum atomic E-state index is -0.454. The molecule has 4 heteroatoms. The van der Waals surface area contributed by atoms with Gasteiger partial charge in [-0.25, -0.2) is 4.39 Å². The van der Waals surface area contributed by atoms with Crippen molar-refractivity contribution in [2.45, 2.75) is 19.8 Å². The molecule has 21 heavy (non-hydrogen) atoms. The van der Waals surface area contributed by atoms with Crippen molar-refractivity contribution in [2.24, 2.45) is 11.8 Å². The van der Waals surface area contributed by atoms with Gasteiger partial charge in [-0.3, -0.25) is 4.79 Å². The number of hydrogen-bond acceptors (Lipinski definition) is 3. The summed E-state index contributed by atoms with van der Waals surface area (Å²) in [6.07, 6.45) is 6.38. The van der Waals surface area contributed by atoms with Crippen LogP contribution in [0.5, 0.6) is 5.75 Å². The molecule has 0 aromatic heterocycles. The topological polar surface area (TPSA) is 35.5 Å². The summed E-state index contributed by atoms with van der Waals surface area (Å²) in [5.74, 6) is 0.667. The molecule has 1 aromatic carbocycles. The van der Waals surface area contributed by atoms with E-state index >= 15 is 0 Å². The predicted octanol–water partition coefficient (Wildman–Crippen LogP) is 3.64. The lowest BCUT2D eigenvalue weighted by molar-refractivity contribution is 0.0600. The van der Waals surface area contributed by atoms with E-state index in [-0.39, 0.29) is 18.0 Å². The molecule has 0 bridgehead atoms. The first kappa shape index (κ1) is 15.7. The fraction of sp³-hybridized carbons (Fsp3) is 0.471. The summed E-state index contributed by atoms with van der Waals surface area (Å²) in [4.78, 5) is 12.1. The van der Waals surface area contributed by atoms with Crippen LogP contribution in [-0.4, -0.2) is 26.1 Å². The number of hydrogen-bond donors (Lipinski definition) is 0. The molecule has 0 aliphatic heterocycles. The van der Waals surface area contributed by atoms with Crippen molar-refractivity contribution in [1.82, 2.24) is 0 Å². The lowest BCUT2D eigenvalue weighted by atomic mass is 9.85. The van der Waals surface area contributed by atoms with E-state index in [1.165, 1.54) is 25.3 Å². The zero-order valence-electron chi connectivity index (χ0n) is 12.5. The second kappa shape index (κ2) is 7.36. The second-order valence-corrected chi connectivity index (χ2v) is 5.46. The Morgan fingerprint density at radius 1 is 1.33 bits per heavy atom. The first-order valence-corrected chi connectivity index (χ1v) is 7.21. The van der Waals surface area contributed by atoms with Gasteiger partial charge < -0.3 is 9.47 Å². The van der Waals surface area contributed by atoms with Gasteiger partial charge in [-0.15, -0.1) is 0 Å². The van der Waals surface area contributed by atoms with E-state index in [9.17, 15) is 9.18 Å². The molecule has 0 saturated heterocycles. The van der Waals surface area contributed by atoms with Crippen molar-refractivity contribution in [2.75, 3.05) is 20.3 Å². The van der Waals surface area contributed by atoms with Gasteiger partial charge in [-0.05, 0) is 42.9 Å². The molecule has 3 nitrogen and oxygen atoms in total. The van der Waals surface area contributed by atoms with Crippen LogP contribution in [0.4, 0.5) is 4.39 Å². The maximum absolute atomic E-state index is 13.3. The van der Waals surface area contributed by atoms with Gasteiger partial charge in [0.25, 0.3) is 0 Å². The number of ketones is 1. The maximum atomic E-state index is 13.3. The van der Waals surface area contributed by atoms with Gasteiger partial charge in [0.05, 0.1) is 19.3 Å². The predicted molar refractivity (Wildman–Crippen MR) is 79.1 cm³/mol. The standard InChI is InChI=1S/C17H21FO3/c1-12-5-3-4-6-13(12)10-21-11-16(19)15-9-14(18)7-8-17(15)20-2/h3-4,7-9,12-13H,5-6,10-11H2,1-2H3. The molecule has 0 N–H and O–H groups in total. The van der Waals surface area contributed by atoms with Crippen molar-refractivity contribution >= 4 is 5.78 Å². The van der Waals surface area contributed by atoms with Gasteiger partial charge >= 0.3 is 0 Å². The summed E-state index contributed by atoms with van der Waals surface area (Å²) in [7, 11) is 1.46. The number of Topliss-reactive ketones (excluding diaryl/α,β-unsaturated/α-hetero) is 1. The third-order valence-corrected chi connectivity index (χ3v) is 3.95. The Hall–Kier alpha value is -1.68. The molecule has 0 radical (unpaired) electrons. The molecule has 114 valence electrons. The van der Waals surface area contributed by atoms with Gasteiger partial charge in [0.15, 0.2) is 5.78 Å². The average molecular weight is 292 g/mol. The first-order valence-electron chi connectivity index (χ1n) is 7.21. The van der Waals surface area contributed by atoms with Crippen LogP contribution in [0, 0.1) is 17.7 Å².